The van der Waals surface area contributed by atoms with Crippen LogP contribution in [0, 0.1) is 0 Å². The number of hydrogen-bond donors (Lipinski definition) is 6. The lowest BCUT2D eigenvalue weighted by atomic mass is 9.99. The lowest BCUT2D eigenvalue weighted by Gasteiger charge is -2.41. The number of amides is 1. The molecule has 11 nitrogen and oxygen atoms in total. The van der Waals surface area contributed by atoms with Crippen LogP contribution in [0.3, 0.4) is 0 Å². The van der Waals surface area contributed by atoms with Crippen LogP contribution < -0.4 is 5.32 Å². The van der Waals surface area contributed by atoms with Gasteiger partial charge in [0.1, 0.15) is 24.4 Å². The Morgan fingerprint density at radius 1 is 0.612 bits per heavy atom. The number of aliphatic hydroxyl groups excluding tert-OH is 5. The smallest absolute Gasteiger partial charge is 0.306 e. The number of hydrogen-bond acceptors (Lipinski definition) is 10. The van der Waals surface area contributed by atoms with Crippen LogP contribution in [0.1, 0.15) is 168 Å². The fraction of sp³-hybridized carbons (Fsp3) is 0.643. The van der Waals surface area contributed by atoms with Crippen LogP contribution in [0.15, 0.2) is 109 Å². The van der Waals surface area contributed by atoms with Gasteiger partial charge in [0.25, 0.3) is 0 Å². The summed E-state index contributed by atoms with van der Waals surface area (Å²) in [6, 6.07) is -1.06. The molecule has 380 valence electrons. The Kier molecular flexibility index (Phi) is 39.9. The largest absolute Gasteiger partial charge is 0.454 e. The highest BCUT2D eigenvalue weighted by Gasteiger charge is 2.47. The number of esters is 1. The quantitative estimate of drug-likeness (QED) is 0.0150. The van der Waals surface area contributed by atoms with Crippen LogP contribution in [-0.4, -0.2) is 99.6 Å². The third kappa shape index (κ3) is 32.7. The number of ether oxygens (including phenoxy) is 3. The summed E-state index contributed by atoms with van der Waals surface area (Å²) in [5.41, 5.74) is 0. The molecule has 1 aliphatic rings. The van der Waals surface area contributed by atoms with E-state index in [1.54, 1.807) is 6.08 Å². The highest BCUT2D eigenvalue weighted by Crippen LogP contribution is 2.26. The SMILES string of the molecule is CC/C=C/C=C/C=C\C=C/C=C/CCCC(=O)OC1C(OCC(NC(=O)C(O)CCCCC/C=C/C/C=C/C/C=C/CC)C(O)/C=C/CCCCCCCCCCCC)OC(CO)C(O)C1O. The Labute approximate surface area is 405 Å². The average Bonchev–Trinajstić information content (AvgIpc) is 3.32. The van der Waals surface area contributed by atoms with Gasteiger partial charge in [0.05, 0.1) is 25.4 Å². The van der Waals surface area contributed by atoms with Crippen molar-refractivity contribution in [2.45, 2.75) is 217 Å². The molecular formula is C56H91NO10. The molecule has 1 aliphatic heterocycles. The van der Waals surface area contributed by atoms with Crippen molar-refractivity contribution >= 4 is 11.9 Å². The standard InChI is InChI=1S/C56H91NO10/c1-4-7-10-13-16-19-22-25-28-31-34-37-40-43-49(60)55(64)57-47(48(59)42-39-36-33-30-27-24-21-18-15-12-9-6-3)46-65-56-54(53(63)52(62)50(45-58)66-56)67-51(61)44-41-38-35-32-29-26-23-20-17-14-11-8-5-2/h7-8,10-11,14,16-17,19-20,23,25-26,28-29,32,35,39,42,47-50,52-54,56,58-60,62-63H,4-6,9,12-13,15,18,21-22,24,27,30-31,33-34,36-38,40-41,43-46H2,1-3H3,(H,57,64)/b10-7+,11-8+,17-14+,19-16+,23-20-,28-25+,29-26-,35-32+,42-39+. The molecule has 0 aromatic heterocycles. The third-order valence-electron chi connectivity index (χ3n) is 11.3. The first-order chi connectivity index (χ1) is 32.7. The van der Waals surface area contributed by atoms with Crippen molar-refractivity contribution < 1.29 is 49.3 Å². The summed E-state index contributed by atoms with van der Waals surface area (Å²) in [5, 5.41) is 56.5. The number of allylic oxidation sites excluding steroid dienone is 17. The van der Waals surface area contributed by atoms with E-state index in [-0.39, 0.29) is 19.4 Å². The Morgan fingerprint density at radius 3 is 1.78 bits per heavy atom. The van der Waals surface area contributed by atoms with Crippen LogP contribution in [0.25, 0.3) is 0 Å². The van der Waals surface area contributed by atoms with E-state index >= 15 is 0 Å². The molecule has 1 amide bonds. The highest BCUT2D eigenvalue weighted by molar-refractivity contribution is 5.80. The van der Waals surface area contributed by atoms with Crippen LogP contribution in [0.5, 0.6) is 0 Å². The van der Waals surface area contributed by atoms with E-state index in [1.165, 1.54) is 44.9 Å². The van der Waals surface area contributed by atoms with Crippen molar-refractivity contribution in [3.63, 3.8) is 0 Å². The molecule has 0 saturated carbocycles. The number of nitrogens with one attached hydrogen (secondary N) is 1. The minimum absolute atomic E-state index is 0.0182. The fourth-order valence-electron chi connectivity index (χ4n) is 7.22. The fourth-order valence-corrected chi connectivity index (χ4v) is 7.22. The van der Waals surface area contributed by atoms with Crippen LogP contribution in [0.4, 0.5) is 0 Å². The van der Waals surface area contributed by atoms with Crippen molar-refractivity contribution in [3.05, 3.63) is 109 Å². The molecule has 8 unspecified atom stereocenters. The molecule has 11 heteroatoms. The molecule has 0 aromatic rings. The number of carbonyl (C=O) groups excluding carboxylic acids is 2. The van der Waals surface area contributed by atoms with Crippen LogP contribution in [-0.2, 0) is 23.8 Å². The lowest BCUT2D eigenvalue weighted by molar-refractivity contribution is -0.305. The van der Waals surface area contributed by atoms with Crippen molar-refractivity contribution in [1.29, 1.82) is 0 Å². The van der Waals surface area contributed by atoms with Crippen molar-refractivity contribution in [2.75, 3.05) is 13.2 Å². The minimum Gasteiger partial charge on any atom is -0.454 e. The molecule has 0 radical (unpaired) electrons. The molecule has 6 N–H and O–H groups in total. The zero-order valence-electron chi connectivity index (χ0n) is 41.5. The Morgan fingerprint density at radius 2 is 1.15 bits per heavy atom. The molecule has 1 rings (SSSR count). The first-order valence-corrected chi connectivity index (χ1v) is 25.7. The van der Waals surface area contributed by atoms with Gasteiger partial charge < -0.3 is 45.1 Å². The predicted molar refractivity (Wildman–Crippen MR) is 273 cm³/mol. The summed E-state index contributed by atoms with van der Waals surface area (Å²) in [6.07, 6.45) is 47.3. The van der Waals surface area contributed by atoms with Gasteiger partial charge >= 0.3 is 5.97 Å². The third-order valence-corrected chi connectivity index (χ3v) is 11.3. The van der Waals surface area contributed by atoms with Crippen LogP contribution in [0.2, 0.25) is 0 Å². The Hall–Kier alpha value is -3.68. The van der Waals surface area contributed by atoms with E-state index in [2.05, 4.69) is 68.6 Å². The number of unbranched alkanes of at least 4 members (excludes halogenated alkanes) is 14. The minimum atomic E-state index is -1.65. The van der Waals surface area contributed by atoms with Gasteiger partial charge in [-0.15, -0.1) is 0 Å². The van der Waals surface area contributed by atoms with Gasteiger partial charge in [-0.25, -0.2) is 0 Å². The van der Waals surface area contributed by atoms with E-state index in [9.17, 15) is 35.1 Å². The van der Waals surface area contributed by atoms with Crippen molar-refractivity contribution in [2.24, 2.45) is 0 Å². The molecule has 0 aliphatic carbocycles. The first-order valence-electron chi connectivity index (χ1n) is 25.7. The van der Waals surface area contributed by atoms with E-state index in [1.807, 2.05) is 60.8 Å². The first kappa shape index (κ1) is 61.3. The highest BCUT2D eigenvalue weighted by atomic mass is 16.7. The predicted octanol–water partition coefficient (Wildman–Crippen LogP) is 10.6. The molecule has 0 spiro atoms. The molecule has 1 heterocycles. The molecule has 1 fully saturated rings. The maximum atomic E-state index is 13.3. The Bertz CT molecular complexity index is 1500. The number of carbonyl (C=O) groups is 2. The van der Waals surface area contributed by atoms with Gasteiger partial charge in [0, 0.05) is 6.42 Å². The van der Waals surface area contributed by atoms with Gasteiger partial charge in [0.15, 0.2) is 12.4 Å². The average molecular weight is 938 g/mol. The molecule has 67 heavy (non-hydrogen) atoms. The summed E-state index contributed by atoms with van der Waals surface area (Å²) in [4.78, 5) is 26.3. The van der Waals surface area contributed by atoms with Crippen molar-refractivity contribution in [3.8, 4) is 0 Å². The summed E-state index contributed by atoms with van der Waals surface area (Å²) in [6.45, 7) is 5.42. The summed E-state index contributed by atoms with van der Waals surface area (Å²) >= 11 is 0. The summed E-state index contributed by atoms with van der Waals surface area (Å²) in [7, 11) is 0. The van der Waals surface area contributed by atoms with Gasteiger partial charge in [-0.1, -0.05) is 201 Å². The number of rotatable bonds is 40. The summed E-state index contributed by atoms with van der Waals surface area (Å²) < 4.78 is 17.4. The van der Waals surface area contributed by atoms with Crippen LogP contribution >= 0.6 is 0 Å². The second-order valence-electron chi connectivity index (χ2n) is 17.3. The Balaban J connectivity index is 2.87. The summed E-state index contributed by atoms with van der Waals surface area (Å²) in [5.74, 6) is -1.31. The normalized spacial score (nSPS) is 21.0. The van der Waals surface area contributed by atoms with E-state index in [0.717, 1.165) is 70.6 Å². The van der Waals surface area contributed by atoms with E-state index in [0.29, 0.717) is 19.3 Å². The zero-order chi connectivity index (χ0) is 49.0. The van der Waals surface area contributed by atoms with E-state index in [4.69, 9.17) is 14.2 Å². The molecule has 8 atom stereocenters. The van der Waals surface area contributed by atoms with Crippen molar-refractivity contribution in [1.82, 2.24) is 5.32 Å². The van der Waals surface area contributed by atoms with Gasteiger partial charge in [-0.05, 0) is 70.6 Å². The van der Waals surface area contributed by atoms with Gasteiger partial charge in [-0.3, -0.25) is 9.59 Å². The number of aliphatic hydroxyl groups is 5. The van der Waals surface area contributed by atoms with E-state index < -0.39 is 67.4 Å². The molecule has 0 bridgehead atoms. The molecular weight excluding hydrogens is 847 g/mol. The molecule has 1 saturated heterocycles. The monoisotopic (exact) mass is 938 g/mol. The zero-order valence-corrected chi connectivity index (χ0v) is 41.5. The molecule has 0 aromatic carbocycles. The second kappa shape index (κ2) is 43.6. The lowest BCUT2D eigenvalue weighted by Crippen LogP contribution is -2.61. The van der Waals surface area contributed by atoms with Gasteiger partial charge in [0.2, 0.25) is 5.91 Å². The maximum Gasteiger partial charge on any atom is 0.306 e. The van der Waals surface area contributed by atoms with Gasteiger partial charge in [-0.2, -0.15) is 0 Å². The maximum absolute atomic E-state index is 13.3. The second-order valence-corrected chi connectivity index (χ2v) is 17.3. The topological polar surface area (TPSA) is 175 Å².